The van der Waals surface area contributed by atoms with E-state index >= 15 is 0 Å². The van der Waals surface area contributed by atoms with Crippen molar-refractivity contribution < 1.29 is 14.4 Å². The van der Waals surface area contributed by atoms with Gasteiger partial charge in [0.05, 0.1) is 11.1 Å². The Morgan fingerprint density at radius 1 is 1.13 bits per heavy atom. The van der Waals surface area contributed by atoms with Crippen LogP contribution in [-0.2, 0) is 4.79 Å². The van der Waals surface area contributed by atoms with Gasteiger partial charge in [0.1, 0.15) is 0 Å². The number of nitrogens with zero attached hydrogens (tertiary/aromatic N) is 2. The SMILES string of the molecule is CN(C(=O)CCCN1C(=O)c2ccccc2C1=O)C1CCCC1. The van der Waals surface area contributed by atoms with Gasteiger partial charge in [-0.1, -0.05) is 25.0 Å². The second-order valence-electron chi connectivity index (χ2n) is 6.35. The third kappa shape index (κ3) is 3.00. The van der Waals surface area contributed by atoms with Crippen molar-refractivity contribution in [2.24, 2.45) is 0 Å². The highest BCUT2D eigenvalue weighted by molar-refractivity contribution is 6.21. The highest BCUT2D eigenvalue weighted by Gasteiger charge is 2.34. The Bertz CT molecular complexity index is 600. The average molecular weight is 314 g/mol. The molecule has 1 aromatic rings. The summed E-state index contributed by atoms with van der Waals surface area (Å²) >= 11 is 0. The van der Waals surface area contributed by atoms with Gasteiger partial charge >= 0.3 is 0 Å². The van der Waals surface area contributed by atoms with Gasteiger partial charge in [0, 0.05) is 26.1 Å². The van der Waals surface area contributed by atoms with E-state index in [4.69, 9.17) is 0 Å². The lowest BCUT2D eigenvalue weighted by Gasteiger charge is -2.24. The molecule has 2 aliphatic rings. The molecule has 3 rings (SSSR count). The summed E-state index contributed by atoms with van der Waals surface area (Å²) in [7, 11) is 1.86. The van der Waals surface area contributed by atoms with E-state index in [0.717, 1.165) is 12.8 Å². The van der Waals surface area contributed by atoms with Crippen LogP contribution in [0.2, 0.25) is 0 Å². The van der Waals surface area contributed by atoms with Crippen LogP contribution in [0.3, 0.4) is 0 Å². The third-order valence-corrected chi connectivity index (χ3v) is 4.92. The van der Waals surface area contributed by atoms with E-state index in [-0.39, 0.29) is 17.7 Å². The summed E-state index contributed by atoms with van der Waals surface area (Å²) in [4.78, 5) is 39.8. The number of hydrogen-bond donors (Lipinski definition) is 0. The van der Waals surface area contributed by atoms with Gasteiger partial charge in [0.2, 0.25) is 5.91 Å². The second-order valence-corrected chi connectivity index (χ2v) is 6.35. The van der Waals surface area contributed by atoms with E-state index in [0.29, 0.717) is 36.6 Å². The topological polar surface area (TPSA) is 57.7 Å². The number of carbonyl (C=O) groups is 3. The molecule has 1 heterocycles. The predicted octanol–water partition coefficient (Wildman–Crippen LogP) is 2.46. The van der Waals surface area contributed by atoms with Gasteiger partial charge in [0.25, 0.3) is 11.8 Å². The number of benzene rings is 1. The fourth-order valence-corrected chi connectivity index (χ4v) is 3.50. The summed E-state index contributed by atoms with van der Waals surface area (Å²) in [5.41, 5.74) is 0.929. The first-order valence-electron chi connectivity index (χ1n) is 8.30. The highest BCUT2D eigenvalue weighted by Crippen LogP contribution is 2.24. The molecule has 1 aliphatic carbocycles. The summed E-state index contributed by atoms with van der Waals surface area (Å²) in [6.45, 7) is 0.302. The molecule has 0 N–H and O–H groups in total. The van der Waals surface area contributed by atoms with Crippen LogP contribution in [-0.4, -0.2) is 47.2 Å². The molecular formula is C18H22N2O3. The summed E-state index contributed by atoms with van der Waals surface area (Å²) in [5.74, 6) is -0.391. The van der Waals surface area contributed by atoms with Crippen LogP contribution in [0.15, 0.2) is 24.3 Å². The minimum atomic E-state index is -0.248. The Labute approximate surface area is 136 Å². The van der Waals surface area contributed by atoms with Gasteiger partial charge in [0.15, 0.2) is 0 Å². The van der Waals surface area contributed by atoms with Crippen molar-refractivity contribution >= 4 is 17.7 Å². The number of fused-ring (bicyclic) bond motifs is 1. The van der Waals surface area contributed by atoms with Crippen molar-refractivity contribution in [3.05, 3.63) is 35.4 Å². The number of amides is 3. The van der Waals surface area contributed by atoms with E-state index in [2.05, 4.69) is 0 Å². The van der Waals surface area contributed by atoms with Crippen molar-refractivity contribution in [1.29, 1.82) is 0 Å². The molecule has 0 saturated heterocycles. The molecule has 0 aromatic heterocycles. The Morgan fingerprint density at radius 2 is 1.70 bits per heavy atom. The van der Waals surface area contributed by atoms with Crippen molar-refractivity contribution in [3.8, 4) is 0 Å². The van der Waals surface area contributed by atoms with E-state index in [9.17, 15) is 14.4 Å². The zero-order valence-corrected chi connectivity index (χ0v) is 13.5. The van der Waals surface area contributed by atoms with Crippen LogP contribution in [0.1, 0.15) is 59.2 Å². The Morgan fingerprint density at radius 3 is 2.26 bits per heavy atom. The third-order valence-electron chi connectivity index (χ3n) is 4.92. The van der Waals surface area contributed by atoms with Crippen LogP contribution in [0, 0.1) is 0 Å². The van der Waals surface area contributed by atoms with Crippen molar-refractivity contribution in [2.45, 2.75) is 44.6 Å². The van der Waals surface area contributed by atoms with Crippen LogP contribution in [0.25, 0.3) is 0 Å². The standard InChI is InChI=1S/C18H22N2O3/c1-19(13-7-2-3-8-13)16(21)11-6-12-20-17(22)14-9-4-5-10-15(14)18(20)23/h4-5,9-10,13H,2-3,6-8,11-12H2,1H3. The number of hydrogen-bond acceptors (Lipinski definition) is 3. The average Bonchev–Trinajstić information content (AvgIpc) is 3.18. The van der Waals surface area contributed by atoms with Crippen molar-refractivity contribution in [3.63, 3.8) is 0 Å². The molecule has 5 nitrogen and oxygen atoms in total. The quantitative estimate of drug-likeness (QED) is 0.785. The summed E-state index contributed by atoms with van der Waals surface area (Å²) in [5, 5.41) is 0. The first-order valence-corrected chi connectivity index (χ1v) is 8.30. The molecule has 1 aromatic carbocycles. The molecule has 1 saturated carbocycles. The highest BCUT2D eigenvalue weighted by atomic mass is 16.2. The largest absolute Gasteiger partial charge is 0.343 e. The molecule has 1 aliphatic heterocycles. The van der Waals surface area contributed by atoms with Gasteiger partial charge in [-0.05, 0) is 31.4 Å². The van der Waals surface area contributed by atoms with Crippen LogP contribution >= 0.6 is 0 Å². The van der Waals surface area contributed by atoms with E-state index in [1.807, 2.05) is 11.9 Å². The monoisotopic (exact) mass is 314 g/mol. The van der Waals surface area contributed by atoms with E-state index < -0.39 is 0 Å². The maximum Gasteiger partial charge on any atom is 0.261 e. The Balaban J connectivity index is 1.52. The predicted molar refractivity (Wildman–Crippen MR) is 86.1 cm³/mol. The molecule has 0 unspecified atom stereocenters. The van der Waals surface area contributed by atoms with Gasteiger partial charge in [-0.2, -0.15) is 0 Å². The molecular weight excluding hydrogens is 292 g/mol. The Hall–Kier alpha value is -2.17. The van der Waals surface area contributed by atoms with Crippen LogP contribution in [0.4, 0.5) is 0 Å². The number of imide groups is 1. The minimum absolute atomic E-state index is 0.105. The van der Waals surface area contributed by atoms with Crippen LogP contribution < -0.4 is 0 Å². The lowest BCUT2D eigenvalue weighted by Crippen LogP contribution is -2.36. The first-order chi connectivity index (χ1) is 11.1. The summed E-state index contributed by atoms with van der Waals surface area (Å²) in [6, 6.07) is 7.23. The molecule has 5 heteroatoms. The molecule has 0 radical (unpaired) electrons. The zero-order valence-electron chi connectivity index (χ0n) is 13.5. The van der Waals surface area contributed by atoms with Crippen molar-refractivity contribution in [1.82, 2.24) is 9.80 Å². The fourth-order valence-electron chi connectivity index (χ4n) is 3.50. The van der Waals surface area contributed by atoms with E-state index in [1.165, 1.54) is 17.7 Å². The molecule has 0 spiro atoms. The van der Waals surface area contributed by atoms with Gasteiger partial charge in [-0.15, -0.1) is 0 Å². The molecule has 3 amide bonds. The maximum atomic E-state index is 12.2. The molecule has 23 heavy (non-hydrogen) atoms. The normalized spacial score (nSPS) is 17.7. The molecule has 1 fully saturated rings. The van der Waals surface area contributed by atoms with Gasteiger partial charge in [-0.3, -0.25) is 19.3 Å². The summed E-state index contributed by atoms with van der Waals surface area (Å²) < 4.78 is 0. The van der Waals surface area contributed by atoms with E-state index in [1.54, 1.807) is 24.3 Å². The number of rotatable bonds is 5. The lowest BCUT2D eigenvalue weighted by atomic mass is 10.1. The second kappa shape index (κ2) is 6.52. The summed E-state index contributed by atoms with van der Waals surface area (Å²) in [6.07, 6.45) is 5.44. The van der Waals surface area contributed by atoms with Gasteiger partial charge in [-0.25, -0.2) is 0 Å². The lowest BCUT2D eigenvalue weighted by molar-refractivity contribution is -0.132. The zero-order chi connectivity index (χ0) is 16.4. The molecule has 122 valence electrons. The molecule has 0 atom stereocenters. The maximum absolute atomic E-state index is 12.2. The number of carbonyl (C=O) groups excluding carboxylic acids is 3. The Kier molecular flexibility index (Phi) is 4.46. The fraction of sp³-hybridized carbons (Fsp3) is 0.500. The smallest absolute Gasteiger partial charge is 0.261 e. The van der Waals surface area contributed by atoms with Gasteiger partial charge < -0.3 is 4.90 Å². The van der Waals surface area contributed by atoms with Crippen LogP contribution in [0.5, 0.6) is 0 Å². The van der Waals surface area contributed by atoms with Crippen molar-refractivity contribution in [2.75, 3.05) is 13.6 Å². The molecule has 0 bridgehead atoms. The minimum Gasteiger partial charge on any atom is -0.343 e. The first kappa shape index (κ1) is 15.7.